The summed E-state index contributed by atoms with van der Waals surface area (Å²) in [6.07, 6.45) is -1.26. The minimum atomic E-state index is -1.14. The number of carbonyl (C=O) groups is 2. The van der Waals surface area contributed by atoms with Gasteiger partial charge < -0.3 is 14.6 Å². The van der Waals surface area contributed by atoms with Gasteiger partial charge in [0.05, 0.1) is 12.8 Å². The van der Waals surface area contributed by atoms with E-state index in [4.69, 9.17) is 9.84 Å². The van der Waals surface area contributed by atoms with Gasteiger partial charge in [0, 0.05) is 0 Å². The molecule has 0 saturated heterocycles. The topological polar surface area (TPSA) is 72.8 Å². The normalized spacial score (nSPS) is 13.1. The number of aliphatic hydroxyl groups is 1. The molecule has 1 unspecified atom stereocenters. The fraction of sp³-hybridized carbons (Fsp3) is 0.800. The second-order valence-electron chi connectivity index (χ2n) is 4.18. The van der Waals surface area contributed by atoms with E-state index >= 15 is 0 Å². The molecule has 88 valence electrons. The highest BCUT2D eigenvalue weighted by Crippen LogP contribution is 2.09. The zero-order valence-corrected chi connectivity index (χ0v) is 9.57. The Morgan fingerprint density at radius 1 is 1.20 bits per heavy atom. The lowest BCUT2D eigenvalue weighted by Gasteiger charge is -2.19. The van der Waals surface area contributed by atoms with Gasteiger partial charge in [-0.05, 0) is 27.7 Å². The van der Waals surface area contributed by atoms with Crippen molar-refractivity contribution in [2.45, 2.75) is 52.4 Å². The van der Waals surface area contributed by atoms with Gasteiger partial charge in [-0.15, -0.1) is 0 Å². The lowest BCUT2D eigenvalue weighted by molar-refractivity contribution is -0.168. The molecule has 0 bridgehead atoms. The Morgan fingerprint density at radius 2 is 1.67 bits per heavy atom. The molecule has 1 atom stereocenters. The highest BCUT2D eigenvalue weighted by Gasteiger charge is 2.17. The van der Waals surface area contributed by atoms with Crippen LogP contribution in [-0.4, -0.2) is 28.9 Å². The van der Waals surface area contributed by atoms with E-state index in [2.05, 4.69) is 4.74 Å². The van der Waals surface area contributed by atoms with Gasteiger partial charge in [0.1, 0.15) is 5.60 Å². The first-order valence-corrected chi connectivity index (χ1v) is 4.80. The summed E-state index contributed by atoms with van der Waals surface area (Å²) in [6.45, 7) is 6.57. The third-order valence-electron chi connectivity index (χ3n) is 1.26. The van der Waals surface area contributed by atoms with Crippen LogP contribution in [0.15, 0.2) is 0 Å². The third kappa shape index (κ3) is 9.21. The molecule has 0 aromatic heterocycles. The van der Waals surface area contributed by atoms with Crippen LogP contribution in [0, 0.1) is 0 Å². The quantitative estimate of drug-likeness (QED) is 0.562. The monoisotopic (exact) mass is 218 g/mol. The molecule has 0 radical (unpaired) electrons. The molecule has 0 saturated carbocycles. The van der Waals surface area contributed by atoms with Crippen molar-refractivity contribution in [3.8, 4) is 0 Å². The molecule has 5 nitrogen and oxygen atoms in total. The molecule has 0 aliphatic rings. The van der Waals surface area contributed by atoms with Crippen molar-refractivity contribution in [3.05, 3.63) is 0 Å². The Morgan fingerprint density at radius 3 is 2.07 bits per heavy atom. The van der Waals surface area contributed by atoms with Crippen molar-refractivity contribution in [2.24, 2.45) is 0 Å². The van der Waals surface area contributed by atoms with Crippen LogP contribution >= 0.6 is 0 Å². The summed E-state index contributed by atoms with van der Waals surface area (Å²) in [7, 11) is 0. The first-order valence-electron chi connectivity index (χ1n) is 4.80. The van der Waals surface area contributed by atoms with Gasteiger partial charge in [-0.1, -0.05) is 0 Å². The smallest absolute Gasteiger partial charge is 0.308 e. The second-order valence-corrected chi connectivity index (χ2v) is 4.18. The summed E-state index contributed by atoms with van der Waals surface area (Å²) in [4.78, 5) is 22.1. The molecule has 0 aliphatic carbocycles. The molecule has 15 heavy (non-hydrogen) atoms. The lowest BCUT2D eigenvalue weighted by atomic mass is 10.2. The predicted molar refractivity (Wildman–Crippen MR) is 52.9 cm³/mol. The highest BCUT2D eigenvalue weighted by molar-refractivity contribution is 5.77. The van der Waals surface area contributed by atoms with Crippen LogP contribution in [0.25, 0.3) is 0 Å². The summed E-state index contributed by atoms with van der Waals surface area (Å²) in [5.41, 5.74) is -0.550. The molecule has 0 fully saturated rings. The number of aliphatic hydroxyl groups excluding tert-OH is 1. The zero-order valence-electron chi connectivity index (χ0n) is 9.57. The fourth-order valence-electron chi connectivity index (χ4n) is 0.846. The number of ether oxygens (including phenoxy) is 2. The van der Waals surface area contributed by atoms with Crippen molar-refractivity contribution in [2.75, 3.05) is 0 Å². The fourth-order valence-corrected chi connectivity index (χ4v) is 0.846. The molecule has 0 amide bonds. The largest absolute Gasteiger partial charge is 0.460 e. The van der Waals surface area contributed by atoms with E-state index in [-0.39, 0.29) is 12.8 Å². The van der Waals surface area contributed by atoms with Gasteiger partial charge in [-0.3, -0.25) is 9.59 Å². The highest BCUT2D eigenvalue weighted by atomic mass is 16.6. The maximum Gasteiger partial charge on any atom is 0.308 e. The van der Waals surface area contributed by atoms with Crippen LogP contribution < -0.4 is 0 Å². The Labute approximate surface area is 89.4 Å². The minimum absolute atomic E-state index is 0.0389. The SMILES string of the molecule is CC(O)OC(=O)CCC(=O)OC(C)(C)C. The molecular weight excluding hydrogens is 200 g/mol. The average Bonchev–Trinajstić information content (AvgIpc) is 1.96. The van der Waals surface area contributed by atoms with E-state index in [0.29, 0.717) is 0 Å². The Bertz CT molecular complexity index is 226. The maximum absolute atomic E-state index is 11.2. The van der Waals surface area contributed by atoms with Gasteiger partial charge >= 0.3 is 11.9 Å². The van der Waals surface area contributed by atoms with Crippen LogP contribution in [0.5, 0.6) is 0 Å². The Kier molecular flexibility index (Phi) is 5.28. The zero-order chi connectivity index (χ0) is 12.1. The van der Waals surface area contributed by atoms with E-state index < -0.39 is 23.8 Å². The van der Waals surface area contributed by atoms with Crippen LogP contribution in [0.3, 0.4) is 0 Å². The molecule has 0 rings (SSSR count). The van der Waals surface area contributed by atoms with Crippen LogP contribution in [0.4, 0.5) is 0 Å². The Hall–Kier alpha value is -1.10. The maximum atomic E-state index is 11.2. The van der Waals surface area contributed by atoms with E-state index in [1.807, 2.05) is 0 Å². The van der Waals surface area contributed by atoms with Gasteiger partial charge in [-0.2, -0.15) is 0 Å². The van der Waals surface area contributed by atoms with Crippen LogP contribution in [0.1, 0.15) is 40.5 Å². The molecule has 5 heteroatoms. The lowest BCUT2D eigenvalue weighted by Crippen LogP contribution is -2.24. The Balaban J connectivity index is 3.77. The second kappa shape index (κ2) is 5.70. The number of carbonyl (C=O) groups excluding carboxylic acids is 2. The van der Waals surface area contributed by atoms with Crippen molar-refractivity contribution < 1.29 is 24.2 Å². The molecule has 0 heterocycles. The number of hydrogen-bond donors (Lipinski definition) is 1. The number of esters is 2. The summed E-state index contributed by atoms with van der Waals surface area (Å²) in [5.74, 6) is -1.07. The van der Waals surface area contributed by atoms with E-state index in [1.54, 1.807) is 20.8 Å². The molecule has 0 aliphatic heterocycles. The van der Waals surface area contributed by atoms with Crippen LogP contribution in [-0.2, 0) is 19.1 Å². The molecule has 0 aromatic rings. The molecule has 1 N–H and O–H groups in total. The summed E-state index contributed by atoms with van der Waals surface area (Å²) in [5, 5.41) is 8.72. The van der Waals surface area contributed by atoms with Crippen molar-refractivity contribution in [3.63, 3.8) is 0 Å². The van der Waals surface area contributed by atoms with Crippen molar-refractivity contribution >= 4 is 11.9 Å². The van der Waals surface area contributed by atoms with E-state index in [1.165, 1.54) is 6.92 Å². The third-order valence-corrected chi connectivity index (χ3v) is 1.26. The van der Waals surface area contributed by atoms with Crippen LogP contribution in [0.2, 0.25) is 0 Å². The summed E-state index contributed by atoms with van der Waals surface area (Å²) in [6, 6.07) is 0. The molecule has 0 aromatic carbocycles. The number of rotatable bonds is 4. The first kappa shape index (κ1) is 13.9. The van der Waals surface area contributed by atoms with Gasteiger partial charge in [0.2, 0.25) is 0 Å². The van der Waals surface area contributed by atoms with Crippen molar-refractivity contribution in [1.82, 2.24) is 0 Å². The minimum Gasteiger partial charge on any atom is -0.460 e. The molecular formula is C10H18O5. The molecule has 0 spiro atoms. The standard InChI is InChI=1S/C10H18O5/c1-7(11)14-8(12)5-6-9(13)15-10(2,3)4/h7,11H,5-6H2,1-4H3. The van der Waals surface area contributed by atoms with E-state index in [0.717, 1.165) is 0 Å². The number of hydrogen-bond acceptors (Lipinski definition) is 5. The summed E-state index contributed by atoms with van der Waals surface area (Å²) < 4.78 is 9.42. The van der Waals surface area contributed by atoms with E-state index in [9.17, 15) is 9.59 Å². The predicted octanol–water partition coefficient (Wildman–Crippen LogP) is 0.990. The summed E-state index contributed by atoms with van der Waals surface area (Å²) >= 11 is 0. The van der Waals surface area contributed by atoms with Crippen molar-refractivity contribution in [1.29, 1.82) is 0 Å². The average molecular weight is 218 g/mol. The van der Waals surface area contributed by atoms with Gasteiger partial charge in [-0.25, -0.2) is 0 Å². The first-order chi connectivity index (χ1) is 6.70. The van der Waals surface area contributed by atoms with Gasteiger partial charge in [0.25, 0.3) is 0 Å². The van der Waals surface area contributed by atoms with Gasteiger partial charge in [0.15, 0.2) is 6.29 Å².